The Balaban J connectivity index is 1.74. The highest BCUT2D eigenvalue weighted by Gasteiger charge is 2.39. The molecule has 0 amide bonds. The molecule has 2 aliphatic rings. The van der Waals surface area contributed by atoms with E-state index in [0.29, 0.717) is 23.7 Å². The number of carbonyl (C=O) groups excluding carboxylic acids is 1. The molecular weight excluding hydrogens is 228 g/mol. The lowest BCUT2D eigenvalue weighted by atomic mass is 10.0. The van der Waals surface area contributed by atoms with Crippen LogP contribution >= 0.6 is 0 Å². The third-order valence-corrected chi connectivity index (χ3v) is 4.07. The van der Waals surface area contributed by atoms with Gasteiger partial charge < -0.3 is 4.74 Å². The summed E-state index contributed by atoms with van der Waals surface area (Å²) in [5, 5.41) is 0. The number of Topliss-reactive ketones (excluding diaryl/α,β-unsaturated/α-hetero) is 1. The number of hydrogen-bond donors (Lipinski definition) is 0. The lowest BCUT2D eigenvalue weighted by molar-refractivity contribution is -0.123. The normalized spacial score (nSPS) is 27.5. The van der Waals surface area contributed by atoms with Gasteiger partial charge in [-0.2, -0.15) is 0 Å². The van der Waals surface area contributed by atoms with Crippen LogP contribution in [-0.2, 0) is 11.3 Å². The van der Waals surface area contributed by atoms with Crippen molar-refractivity contribution in [2.45, 2.75) is 44.3 Å². The molecule has 2 unspecified atom stereocenters. The molecule has 0 N–H and O–H groups in total. The molecule has 96 valence electrons. The second-order valence-corrected chi connectivity index (χ2v) is 5.21. The Morgan fingerprint density at radius 3 is 2.78 bits per heavy atom. The Labute approximate surface area is 107 Å². The lowest BCUT2D eigenvalue weighted by Gasteiger charge is -2.33. The number of methoxy groups -OCH3 is 1. The number of ether oxygens (including phenoxy) is 1. The van der Waals surface area contributed by atoms with E-state index in [-0.39, 0.29) is 0 Å². The summed E-state index contributed by atoms with van der Waals surface area (Å²) in [6, 6.07) is 4.92. The first-order valence-corrected chi connectivity index (χ1v) is 6.52. The van der Waals surface area contributed by atoms with Crippen LogP contribution in [0.2, 0.25) is 0 Å². The highest BCUT2D eigenvalue weighted by atomic mass is 16.5. The van der Waals surface area contributed by atoms with Crippen LogP contribution in [0.3, 0.4) is 0 Å². The average molecular weight is 246 g/mol. The number of ketones is 1. The molecule has 1 aromatic heterocycles. The standard InChI is InChI=1S/C14H18N2O2/c1-18-14-6-10(4-5-15-14)9-16-11-2-3-12(16)8-13(17)7-11/h4-6,11-12H,2-3,7-9H2,1H3. The van der Waals surface area contributed by atoms with E-state index in [1.807, 2.05) is 12.1 Å². The van der Waals surface area contributed by atoms with Gasteiger partial charge in [-0.3, -0.25) is 9.69 Å². The van der Waals surface area contributed by atoms with E-state index in [1.165, 1.54) is 18.4 Å². The number of pyridine rings is 1. The van der Waals surface area contributed by atoms with Crippen molar-refractivity contribution in [3.8, 4) is 5.88 Å². The van der Waals surface area contributed by atoms with Gasteiger partial charge in [-0.15, -0.1) is 0 Å². The minimum absolute atomic E-state index is 0.436. The first-order valence-electron chi connectivity index (χ1n) is 6.52. The molecule has 2 bridgehead atoms. The number of rotatable bonds is 3. The van der Waals surface area contributed by atoms with Crippen molar-refractivity contribution in [1.29, 1.82) is 0 Å². The Morgan fingerprint density at radius 2 is 2.11 bits per heavy atom. The maximum Gasteiger partial charge on any atom is 0.213 e. The number of aromatic nitrogens is 1. The van der Waals surface area contributed by atoms with Crippen molar-refractivity contribution >= 4 is 5.78 Å². The topological polar surface area (TPSA) is 42.4 Å². The number of hydrogen-bond acceptors (Lipinski definition) is 4. The monoisotopic (exact) mass is 246 g/mol. The maximum absolute atomic E-state index is 11.6. The number of carbonyl (C=O) groups is 1. The van der Waals surface area contributed by atoms with Crippen molar-refractivity contribution < 1.29 is 9.53 Å². The van der Waals surface area contributed by atoms with Crippen LogP contribution in [0.1, 0.15) is 31.2 Å². The molecule has 3 heterocycles. The summed E-state index contributed by atoms with van der Waals surface area (Å²) in [5.41, 5.74) is 1.22. The van der Waals surface area contributed by atoms with Crippen molar-refractivity contribution in [1.82, 2.24) is 9.88 Å². The lowest BCUT2D eigenvalue weighted by Crippen LogP contribution is -2.42. The highest BCUT2D eigenvalue weighted by molar-refractivity contribution is 5.80. The molecule has 2 aliphatic heterocycles. The molecule has 0 spiro atoms. The molecule has 0 radical (unpaired) electrons. The Morgan fingerprint density at radius 1 is 1.39 bits per heavy atom. The van der Waals surface area contributed by atoms with Gasteiger partial charge in [0.05, 0.1) is 7.11 Å². The van der Waals surface area contributed by atoms with Crippen LogP contribution in [0.25, 0.3) is 0 Å². The predicted octanol–water partition coefficient (Wildman–Crippen LogP) is 1.79. The molecule has 0 saturated carbocycles. The zero-order valence-electron chi connectivity index (χ0n) is 10.6. The summed E-state index contributed by atoms with van der Waals surface area (Å²) in [5.74, 6) is 1.10. The molecule has 2 atom stereocenters. The Kier molecular flexibility index (Phi) is 3.04. The van der Waals surface area contributed by atoms with Crippen molar-refractivity contribution in [3.63, 3.8) is 0 Å². The number of nitrogens with zero attached hydrogens (tertiary/aromatic N) is 2. The van der Waals surface area contributed by atoms with Crippen molar-refractivity contribution in [2.24, 2.45) is 0 Å². The summed E-state index contributed by atoms with van der Waals surface area (Å²) in [6.07, 6.45) is 5.58. The highest BCUT2D eigenvalue weighted by Crippen LogP contribution is 2.35. The molecule has 0 aromatic carbocycles. The fourth-order valence-corrected chi connectivity index (χ4v) is 3.19. The zero-order valence-corrected chi connectivity index (χ0v) is 10.6. The van der Waals surface area contributed by atoms with E-state index < -0.39 is 0 Å². The summed E-state index contributed by atoms with van der Waals surface area (Å²) < 4.78 is 5.15. The van der Waals surface area contributed by atoms with Crippen LogP contribution in [0.5, 0.6) is 5.88 Å². The second kappa shape index (κ2) is 4.69. The smallest absolute Gasteiger partial charge is 0.213 e. The molecule has 18 heavy (non-hydrogen) atoms. The average Bonchev–Trinajstić information content (AvgIpc) is 2.62. The quantitative estimate of drug-likeness (QED) is 0.815. The molecular formula is C14H18N2O2. The molecule has 2 saturated heterocycles. The fourth-order valence-electron chi connectivity index (χ4n) is 3.19. The van der Waals surface area contributed by atoms with Crippen LogP contribution < -0.4 is 4.74 Å². The van der Waals surface area contributed by atoms with Gasteiger partial charge in [0.25, 0.3) is 0 Å². The van der Waals surface area contributed by atoms with Crippen LogP contribution in [0, 0.1) is 0 Å². The van der Waals surface area contributed by atoms with Gasteiger partial charge in [0, 0.05) is 43.7 Å². The zero-order chi connectivity index (χ0) is 12.5. The summed E-state index contributed by atoms with van der Waals surface area (Å²) in [4.78, 5) is 18.2. The molecule has 4 nitrogen and oxygen atoms in total. The number of fused-ring (bicyclic) bond motifs is 2. The van der Waals surface area contributed by atoms with E-state index >= 15 is 0 Å². The van der Waals surface area contributed by atoms with E-state index in [1.54, 1.807) is 13.3 Å². The van der Waals surface area contributed by atoms with Gasteiger partial charge in [-0.1, -0.05) is 0 Å². The van der Waals surface area contributed by atoms with Gasteiger partial charge in [-0.25, -0.2) is 4.98 Å². The molecule has 3 rings (SSSR count). The Hall–Kier alpha value is -1.42. The number of piperidine rings is 1. The minimum Gasteiger partial charge on any atom is -0.481 e. The third kappa shape index (κ3) is 2.12. The summed E-state index contributed by atoms with van der Waals surface area (Å²) in [6.45, 7) is 0.904. The Bertz CT molecular complexity index is 445. The minimum atomic E-state index is 0.436. The van der Waals surface area contributed by atoms with Gasteiger partial charge in [-0.05, 0) is 24.5 Å². The first kappa shape index (κ1) is 11.7. The summed E-state index contributed by atoms with van der Waals surface area (Å²) in [7, 11) is 1.63. The van der Waals surface area contributed by atoms with Gasteiger partial charge in [0.15, 0.2) is 0 Å². The van der Waals surface area contributed by atoms with Crippen molar-refractivity contribution in [3.05, 3.63) is 23.9 Å². The molecule has 0 aliphatic carbocycles. The fraction of sp³-hybridized carbons (Fsp3) is 0.571. The second-order valence-electron chi connectivity index (χ2n) is 5.21. The van der Waals surface area contributed by atoms with E-state index in [9.17, 15) is 4.79 Å². The maximum atomic E-state index is 11.6. The molecule has 1 aromatic rings. The van der Waals surface area contributed by atoms with E-state index in [4.69, 9.17) is 4.74 Å². The molecule has 4 heteroatoms. The molecule has 2 fully saturated rings. The van der Waals surface area contributed by atoms with Crippen LogP contribution in [0.15, 0.2) is 18.3 Å². The van der Waals surface area contributed by atoms with Crippen molar-refractivity contribution in [2.75, 3.05) is 7.11 Å². The third-order valence-electron chi connectivity index (χ3n) is 4.07. The van der Waals surface area contributed by atoms with Crippen LogP contribution in [-0.4, -0.2) is 34.9 Å². The van der Waals surface area contributed by atoms with E-state index in [0.717, 1.165) is 19.4 Å². The van der Waals surface area contributed by atoms with E-state index in [2.05, 4.69) is 9.88 Å². The van der Waals surface area contributed by atoms with Crippen LogP contribution in [0.4, 0.5) is 0 Å². The summed E-state index contributed by atoms with van der Waals surface area (Å²) >= 11 is 0. The predicted molar refractivity (Wildman–Crippen MR) is 67.4 cm³/mol. The largest absolute Gasteiger partial charge is 0.481 e. The SMILES string of the molecule is COc1cc(CN2C3CCC2CC(=O)C3)ccn1. The van der Waals surface area contributed by atoms with Gasteiger partial charge in [0.2, 0.25) is 5.88 Å². The first-order chi connectivity index (χ1) is 8.76. The van der Waals surface area contributed by atoms with Gasteiger partial charge in [0.1, 0.15) is 5.78 Å². The van der Waals surface area contributed by atoms with Gasteiger partial charge >= 0.3 is 0 Å².